The van der Waals surface area contributed by atoms with Crippen LogP contribution in [0.1, 0.15) is 5.69 Å². The topological polar surface area (TPSA) is 38.9 Å². The standard InChI is InChI=1S/C10H6Cl4N2/c11-7-8(15)5-3-1-2-4-6(5)16-9(7)10(12,13)14/h1-4H,(H2,15,16). The van der Waals surface area contributed by atoms with Crippen LogP contribution in [-0.4, -0.2) is 4.98 Å². The van der Waals surface area contributed by atoms with Gasteiger partial charge in [0.25, 0.3) is 0 Å². The smallest absolute Gasteiger partial charge is 0.234 e. The van der Waals surface area contributed by atoms with E-state index in [0.717, 1.165) is 5.39 Å². The number of rotatable bonds is 0. The normalized spacial score (nSPS) is 12.0. The summed E-state index contributed by atoms with van der Waals surface area (Å²) < 4.78 is -1.69. The van der Waals surface area contributed by atoms with E-state index in [4.69, 9.17) is 52.1 Å². The molecule has 2 rings (SSSR count). The van der Waals surface area contributed by atoms with E-state index in [1.165, 1.54) is 0 Å². The van der Waals surface area contributed by atoms with E-state index < -0.39 is 3.79 Å². The summed E-state index contributed by atoms with van der Waals surface area (Å²) in [7, 11) is 0. The van der Waals surface area contributed by atoms with Crippen LogP contribution in [0.25, 0.3) is 10.9 Å². The van der Waals surface area contributed by atoms with Gasteiger partial charge in [0.2, 0.25) is 3.79 Å². The third-order valence-corrected chi connectivity index (χ3v) is 3.06. The Bertz CT molecular complexity index is 548. The average molecular weight is 296 g/mol. The van der Waals surface area contributed by atoms with E-state index in [1.54, 1.807) is 6.07 Å². The van der Waals surface area contributed by atoms with Gasteiger partial charge >= 0.3 is 0 Å². The quantitative estimate of drug-likeness (QED) is 0.736. The summed E-state index contributed by atoms with van der Waals surface area (Å²) in [5.41, 5.74) is 7.03. The maximum atomic E-state index is 6.02. The second-order valence-electron chi connectivity index (χ2n) is 3.20. The summed E-state index contributed by atoms with van der Waals surface area (Å²) in [4.78, 5) is 4.20. The Morgan fingerprint density at radius 3 is 2.38 bits per heavy atom. The molecule has 0 fully saturated rings. The number of benzene rings is 1. The highest BCUT2D eigenvalue weighted by atomic mass is 35.6. The number of nitrogen functional groups attached to an aromatic ring is 1. The first-order chi connectivity index (χ1) is 7.41. The molecule has 6 heteroatoms. The number of aromatic nitrogens is 1. The van der Waals surface area contributed by atoms with Gasteiger partial charge in [-0.05, 0) is 6.07 Å². The van der Waals surface area contributed by atoms with Crippen LogP contribution in [0.2, 0.25) is 5.02 Å². The summed E-state index contributed by atoms with van der Waals surface area (Å²) in [6, 6.07) is 7.25. The van der Waals surface area contributed by atoms with Gasteiger partial charge in [-0.25, -0.2) is 4.98 Å². The summed E-state index contributed by atoms with van der Waals surface area (Å²) in [5, 5.41) is 0.921. The highest BCUT2D eigenvalue weighted by Crippen LogP contribution is 2.43. The number of hydrogen-bond donors (Lipinski definition) is 1. The Labute approximate surface area is 112 Å². The minimum Gasteiger partial charge on any atom is -0.397 e. The van der Waals surface area contributed by atoms with Crippen molar-refractivity contribution in [3.63, 3.8) is 0 Å². The van der Waals surface area contributed by atoms with Crippen LogP contribution >= 0.6 is 46.4 Å². The number of para-hydroxylation sites is 1. The maximum absolute atomic E-state index is 6.02. The fourth-order valence-electron chi connectivity index (χ4n) is 1.40. The molecular weight excluding hydrogens is 290 g/mol. The number of halogens is 4. The molecule has 0 aliphatic rings. The second-order valence-corrected chi connectivity index (χ2v) is 5.86. The van der Waals surface area contributed by atoms with Crippen molar-refractivity contribution in [3.05, 3.63) is 35.0 Å². The molecule has 0 bridgehead atoms. The van der Waals surface area contributed by atoms with Gasteiger partial charge in [0.05, 0.1) is 16.2 Å². The third-order valence-electron chi connectivity index (χ3n) is 2.14. The predicted molar refractivity (Wildman–Crippen MR) is 70.4 cm³/mol. The molecule has 0 saturated heterocycles. The Kier molecular flexibility index (Phi) is 3.10. The number of nitrogens with zero attached hydrogens (tertiary/aromatic N) is 1. The molecule has 2 nitrogen and oxygen atoms in total. The molecule has 1 aromatic heterocycles. The molecule has 84 valence electrons. The molecule has 1 aromatic carbocycles. The molecule has 0 aliphatic heterocycles. The van der Waals surface area contributed by atoms with E-state index in [0.29, 0.717) is 11.2 Å². The molecule has 0 radical (unpaired) electrons. The highest BCUT2D eigenvalue weighted by molar-refractivity contribution is 6.67. The number of hydrogen-bond acceptors (Lipinski definition) is 2. The molecule has 0 unspecified atom stereocenters. The van der Waals surface area contributed by atoms with Gasteiger partial charge in [0.15, 0.2) is 0 Å². The fourth-order valence-corrected chi connectivity index (χ4v) is 2.24. The van der Waals surface area contributed by atoms with Crippen molar-refractivity contribution in [2.45, 2.75) is 3.79 Å². The molecule has 2 N–H and O–H groups in total. The lowest BCUT2D eigenvalue weighted by molar-refractivity contribution is 1.12. The van der Waals surface area contributed by atoms with Crippen LogP contribution in [0.5, 0.6) is 0 Å². The molecule has 0 aliphatic carbocycles. The fraction of sp³-hybridized carbons (Fsp3) is 0.100. The monoisotopic (exact) mass is 294 g/mol. The zero-order chi connectivity index (χ0) is 11.9. The van der Waals surface area contributed by atoms with Crippen LogP contribution in [0.4, 0.5) is 5.69 Å². The number of pyridine rings is 1. The minimum absolute atomic E-state index is 0.148. The molecule has 0 spiro atoms. The highest BCUT2D eigenvalue weighted by Gasteiger charge is 2.29. The Morgan fingerprint density at radius 1 is 1.12 bits per heavy atom. The minimum atomic E-state index is -1.69. The van der Waals surface area contributed by atoms with Crippen LogP contribution < -0.4 is 5.73 Å². The summed E-state index contributed by atoms with van der Waals surface area (Å²) in [5.74, 6) is 0. The zero-order valence-corrected chi connectivity index (χ0v) is 10.9. The third kappa shape index (κ3) is 2.03. The van der Waals surface area contributed by atoms with Crippen molar-refractivity contribution < 1.29 is 0 Å². The Hall–Kier alpha value is -0.410. The molecular formula is C10H6Cl4N2. The van der Waals surface area contributed by atoms with Crippen molar-refractivity contribution in [3.8, 4) is 0 Å². The van der Waals surface area contributed by atoms with E-state index >= 15 is 0 Å². The van der Waals surface area contributed by atoms with Crippen LogP contribution in [0.15, 0.2) is 24.3 Å². The SMILES string of the molecule is Nc1c(Cl)c(C(Cl)(Cl)Cl)nc2ccccc12. The predicted octanol–water partition coefficient (Wildman–Crippen LogP) is 4.30. The lowest BCUT2D eigenvalue weighted by Crippen LogP contribution is -2.07. The summed E-state index contributed by atoms with van der Waals surface area (Å²) in [6.45, 7) is 0. The van der Waals surface area contributed by atoms with Crippen LogP contribution in [-0.2, 0) is 3.79 Å². The number of anilines is 1. The van der Waals surface area contributed by atoms with Crippen molar-refractivity contribution in [1.82, 2.24) is 4.98 Å². The van der Waals surface area contributed by atoms with E-state index in [2.05, 4.69) is 4.98 Å². The summed E-state index contributed by atoms with van der Waals surface area (Å²) in [6.07, 6.45) is 0. The van der Waals surface area contributed by atoms with E-state index in [-0.39, 0.29) is 10.7 Å². The van der Waals surface area contributed by atoms with E-state index in [1.807, 2.05) is 18.2 Å². The maximum Gasteiger partial charge on any atom is 0.234 e. The number of nitrogens with two attached hydrogens (primary N) is 1. The molecule has 0 amide bonds. The van der Waals surface area contributed by atoms with Gasteiger partial charge in [0.1, 0.15) is 5.69 Å². The Morgan fingerprint density at radius 2 is 1.75 bits per heavy atom. The van der Waals surface area contributed by atoms with Crippen molar-refractivity contribution >= 4 is 63.0 Å². The van der Waals surface area contributed by atoms with E-state index in [9.17, 15) is 0 Å². The molecule has 16 heavy (non-hydrogen) atoms. The first-order valence-corrected chi connectivity index (χ1v) is 5.83. The van der Waals surface area contributed by atoms with Crippen molar-refractivity contribution in [2.75, 3.05) is 5.73 Å². The lowest BCUT2D eigenvalue weighted by Gasteiger charge is -2.15. The van der Waals surface area contributed by atoms with Crippen molar-refractivity contribution in [2.24, 2.45) is 0 Å². The van der Waals surface area contributed by atoms with Gasteiger partial charge in [0, 0.05) is 5.39 Å². The average Bonchev–Trinajstić information content (AvgIpc) is 2.22. The number of fused-ring (bicyclic) bond motifs is 1. The largest absolute Gasteiger partial charge is 0.397 e. The molecule has 2 aromatic rings. The molecule has 0 saturated carbocycles. The van der Waals surface area contributed by atoms with Gasteiger partial charge in [-0.2, -0.15) is 0 Å². The number of alkyl halides is 3. The van der Waals surface area contributed by atoms with Crippen LogP contribution in [0.3, 0.4) is 0 Å². The first kappa shape index (κ1) is 12.1. The molecule has 1 heterocycles. The first-order valence-electron chi connectivity index (χ1n) is 4.32. The second kappa shape index (κ2) is 4.11. The Balaban J connectivity index is 2.84. The molecule has 0 atom stereocenters. The van der Waals surface area contributed by atoms with Crippen LogP contribution in [0, 0.1) is 0 Å². The lowest BCUT2D eigenvalue weighted by atomic mass is 10.1. The zero-order valence-electron chi connectivity index (χ0n) is 7.85. The summed E-state index contributed by atoms with van der Waals surface area (Å²) >= 11 is 23.3. The van der Waals surface area contributed by atoms with Gasteiger partial charge in [-0.15, -0.1) is 0 Å². The van der Waals surface area contributed by atoms with Gasteiger partial charge in [-0.3, -0.25) is 0 Å². The van der Waals surface area contributed by atoms with Crippen molar-refractivity contribution in [1.29, 1.82) is 0 Å². The van der Waals surface area contributed by atoms with Gasteiger partial charge < -0.3 is 5.73 Å². The van der Waals surface area contributed by atoms with Gasteiger partial charge in [-0.1, -0.05) is 64.6 Å².